The smallest absolute Gasteiger partial charge is 0.118 e. The van der Waals surface area contributed by atoms with Crippen LogP contribution in [0.3, 0.4) is 0 Å². The monoisotopic (exact) mass is 267 g/mol. The third-order valence-electron chi connectivity index (χ3n) is 4.20. The van der Waals surface area contributed by atoms with E-state index in [1.54, 1.807) is 7.11 Å². The van der Waals surface area contributed by atoms with Gasteiger partial charge < -0.3 is 10.1 Å². The number of benzene rings is 2. The Kier molecular flexibility index (Phi) is 3.27. The Morgan fingerprint density at radius 1 is 1.05 bits per heavy atom. The first-order chi connectivity index (χ1) is 9.62. The van der Waals surface area contributed by atoms with Crippen molar-refractivity contribution < 1.29 is 4.74 Å². The Morgan fingerprint density at radius 3 is 2.45 bits per heavy atom. The number of hydrogen-bond donors (Lipinski definition) is 1. The predicted molar refractivity (Wildman–Crippen MR) is 82.3 cm³/mol. The van der Waals surface area contributed by atoms with E-state index in [1.807, 2.05) is 12.1 Å². The molecule has 1 aliphatic heterocycles. The summed E-state index contributed by atoms with van der Waals surface area (Å²) in [5.41, 5.74) is 4.29. The first kappa shape index (κ1) is 13.2. The summed E-state index contributed by atoms with van der Waals surface area (Å²) in [6.07, 6.45) is 0. The van der Waals surface area contributed by atoms with Crippen LogP contribution in [0.1, 0.15) is 36.6 Å². The summed E-state index contributed by atoms with van der Waals surface area (Å²) in [6.45, 7) is 5.58. The molecule has 0 spiro atoms. The van der Waals surface area contributed by atoms with Crippen LogP contribution in [0.2, 0.25) is 0 Å². The number of ether oxygens (including phenoxy) is 1. The summed E-state index contributed by atoms with van der Waals surface area (Å²) in [6, 6.07) is 17.4. The SMILES string of the molecule is COc1ccc(C2NCC(C)(C)c3ccccc32)cc1. The van der Waals surface area contributed by atoms with Gasteiger partial charge in [-0.3, -0.25) is 0 Å². The van der Waals surface area contributed by atoms with Gasteiger partial charge in [-0.1, -0.05) is 50.2 Å². The molecule has 0 aromatic heterocycles. The topological polar surface area (TPSA) is 21.3 Å². The van der Waals surface area contributed by atoms with E-state index >= 15 is 0 Å². The molecule has 1 unspecified atom stereocenters. The van der Waals surface area contributed by atoms with Gasteiger partial charge in [-0.15, -0.1) is 0 Å². The van der Waals surface area contributed by atoms with Crippen molar-refractivity contribution in [2.75, 3.05) is 13.7 Å². The Balaban J connectivity index is 2.03. The van der Waals surface area contributed by atoms with Gasteiger partial charge in [0.1, 0.15) is 5.75 Å². The maximum absolute atomic E-state index is 5.24. The van der Waals surface area contributed by atoms with Crippen LogP contribution in [0.15, 0.2) is 48.5 Å². The van der Waals surface area contributed by atoms with Crippen LogP contribution in [-0.4, -0.2) is 13.7 Å². The Hall–Kier alpha value is -1.80. The van der Waals surface area contributed by atoms with Gasteiger partial charge in [0.2, 0.25) is 0 Å². The molecule has 20 heavy (non-hydrogen) atoms. The molecule has 0 amide bonds. The zero-order chi connectivity index (χ0) is 14.2. The minimum absolute atomic E-state index is 0.180. The van der Waals surface area contributed by atoms with Crippen molar-refractivity contribution in [2.45, 2.75) is 25.3 Å². The zero-order valence-electron chi connectivity index (χ0n) is 12.3. The highest BCUT2D eigenvalue weighted by molar-refractivity contribution is 5.44. The summed E-state index contributed by atoms with van der Waals surface area (Å²) < 4.78 is 5.24. The molecule has 2 aromatic carbocycles. The van der Waals surface area contributed by atoms with Crippen molar-refractivity contribution in [3.05, 3.63) is 65.2 Å². The summed E-state index contributed by atoms with van der Waals surface area (Å²) >= 11 is 0. The van der Waals surface area contributed by atoms with Gasteiger partial charge in [-0.25, -0.2) is 0 Å². The average Bonchev–Trinajstić information content (AvgIpc) is 2.48. The number of fused-ring (bicyclic) bond motifs is 1. The van der Waals surface area contributed by atoms with E-state index in [1.165, 1.54) is 16.7 Å². The molecule has 1 heterocycles. The lowest BCUT2D eigenvalue weighted by molar-refractivity contribution is 0.404. The summed E-state index contributed by atoms with van der Waals surface area (Å²) in [5.74, 6) is 0.901. The highest BCUT2D eigenvalue weighted by Crippen LogP contribution is 2.37. The first-order valence-electron chi connectivity index (χ1n) is 7.08. The molecule has 2 aromatic rings. The summed E-state index contributed by atoms with van der Waals surface area (Å²) in [4.78, 5) is 0. The van der Waals surface area contributed by atoms with Crippen LogP contribution in [0, 0.1) is 0 Å². The van der Waals surface area contributed by atoms with Gasteiger partial charge >= 0.3 is 0 Å². The Bertz CT molecular complexity index is 601. The molecular formula is C18H21NO. The van der Waals surface area contributed by atoms with Gasteiger partial charge in [0.05, 0.1) is 13.2 Å². The molecule has 0 aliphatic carbocycles. The number of nitrogens with one attached hydrogen (secondary N) is 1. The van der Waals surface area contributed by atoms with Crippen LogP contribution in [0.4, 0.5) is 0 Å². The van der Waals surface area contributed by atoms with Crippen LogP contribution in [0.5, 0.6) is 5.75 Å². The van der Waals surface area contributed by atoms with E-state index in [4.69, 9.17) is 4.74 Å². The van der Waals surface area contributed by atoms with E-state index in [-0.39, 0.29) is 11.5 Å². The lowest BCUT2D eigenvalue weighted by atomic mass is 9.75. The molecule has 2 nitrogen and oxygen atoms in total. The van der Waals surface area contributed by atoms with Gasteiger partial charge in [0, 0.05) is 12.0 Å². The molecule has 0 fully saturated rings. The number of methoxy groups -OCH3 is 1. The third kappa shape index (κ3) is 2.20. The second kappa shape index (κ2) is 4.95. The van der Waals surface area contributed by atoms with E-state index in [9.17, 15) is 0 Å². The fourth-order valence-corrected chi connectivity index (χ4v) is 3.02. The van der Waals surface area contributed by atoms with Crippen molar-refractivity contribution in [2.24, 2.45) is 0 Å². The fourth-order valence-electron chi connectivity index (χ4n) is 3.02. The van der Waals surface area contributed by atoms with Gasteiger partial charge in [0.15, 0.2) is 0 Å². The van der Waals surface area contributed by atoms with E-state index < -0.39 is 0 Å². The number of rotatable bonds is 2. The van der Waals surface area contributed by atoms with Crippen LogP contribution >= 0.6 is 0 Å². The Labute approximate surface area is 120 Å². The van der Waals surface area contributed by atoms with E-state index in [2.05, 4.69) is 55.6 Å². The average molecular weight is 267 g/mol. The molecular weight excluding hydrogens is 246 g/mol. The van der Waals surface area contributed by atoms with E-state index in [0.717, 1.165) is 12.3 Å². The molecule has 104 valence electrons. The van der Waals surface area contributed by atoms with Gasteiger partial charge in [0.25, 0.3) is 0 Å². The van der Waals surface area contributed by atoms with Crippen LogP contribution in [-0.2, 0) is 5.41 Å². The van der Waals surface area contributed by atoms with Crippen molar-refractivity contribution in [1.82, 2.24) is 5.32 Å². The molecule has 0 bridgehead atoms. The minimum Gasteiger partial charge on any atom is -0.497 e. The Morgan fingerprint density at radius 2 is 1.75 bits per heavy atom. The maximum atomic E-state index is 5.24. The van der Waals surface area contributed by atoms with Gasteiger partial charge in [-0.2, -0.15) is 0 Å². The first-order valence-corrected chi connectivity index (χ1v) is 7.08. The van der Waals surface area contributed by atoms with Crippen molar-refractivity contribution in [3.63, 3.8) is 0 Å². The molecule has 1 atom stereocenters. The lowest BCUT2D eigenvalue weighted by Crippen LogP contribution is -2.42. The van der Waals surface area contributed by atoms with E-state index in [0.29, 0.717) is 0 Å². The van der Waals surface area contributed by atoms with Crippen molar-refractivity contribution in [3.8, 4) is 5.75 Å². The molecule has 2 heteroatoms. The number of hydrogen-bond acceptors (Lipinski definition) is 2. The highest BCUT2D eigenvalue weighted by Gasteiger charge is 2.32. The quantitative estimate of drug-likeness (QED) is 0.896. The van der Waals surface area contributed by atoms with Crippen molar-refractivity contribution >= 4 is 0 Å². The standard InChI is InChI=1S/C18H21NO/c1-18(2)12-19-17(15-6-4-5-7-16(15)18)13-8-10-14(20-3)11-9-13/h4-11,17,19H,12H2,1-3H3. The summed E-state index contributed by atoms with van der Waals surface area (Å²) in [7, 11) is 1.70. The minimum atomic E-state index is 0.180. The summed E-state index contributed by atoms with van der Waals surface area (Å²) in [5, 5.41) is 3.68. The third-order valence-corrected chi connectivity index (χ3v) is 4.20. The molecule has 0 radical (unpaired) electrons. The van der Waals surface area contributed by atoms with Crippen LogP contribution < -0.4 is 10.1 Å². The second-order valence-electron chi connectivity index (χ2n) is 6.06. The van der Waals surface area contributed by atoms with Crippen LogP contribution in [0.25, 0.3) is 0 Å². The predicted octanol–water partition coefficient (Wildman–Crippen LogP) is 3.67. The molecule has 3 rings (SSSR count). The second-order valence-corrected chi connectivity index (χ2v) is 6.06. The molecule has 1 aliphatic rings. The normalized spacial score (nSPS) is 20.2. The van der Waals surface area contributed by atoms with Crippen molar-refractivity contribution in [1.29, 1.82) is 0 Å². The van der Waals surface area contributed by atoms with Gasteiger partial charge in [-0.05, 0) is 28.8 Å². The highest BCUT2D eigenvalue weighted by atomic mass is 16.5. The molecule has 1 N–H and O–H groups in total. The lowest BCUT2D eigenvalue weighted by Gasteiger charge is -2.38. The fraction of sp³-hybridized carbons (Fsp3) is 0.333. The largest absolute Gasteiger partial charge is 0.497 e. The molecule has 0 saturated heterocycles. The maximum Gasteiger partial charge on any atom is 0.118 e. The zero-order valence-corrected chi connectivity index (χ0v) is 12.3. The molecule has 0 saturated carbocycles.